The molecule has 38 heavy (non-hydrogen) atoms. The molecule has 2 aromatic heterocycles. The number of ether oxygens (including phenoxy) is 1. The van der Waals surface area contributed by atoms with Gasteiger partial charge in [-0.1, -0.05) is 0 Å². The molecule has 0 aliphatic carbocycles. The number of carbonyl (C=O) groups excluding carboxylic acids is 3. The lowest BCUT2D eigenvalue weighted by Gasteiger charge is -2.39. The molecule has 3 heterocycles. The minimum Gasteiger partial charge on any atom is -0.496 e. The zero-order valence-electron chi connectivity index (χ0n) is 22.4. The van der Waals surface area contributed by atoms with Crippen molar-refractivity contribution >= 4 is 23.4 Å². The number of amides is 3. The molecule has 1 aliphatic heterocycles. The van der Waals surface area contributed by atoms with Crippen molar-refractivity contribution in [1.82, 2.24) is 24.7 Å². The highest BCUT2D eigenvalue weighted by Gasteiger charge is 2.30. The van der Waals surface area contributed by atoms with E-state index in [1.807, 2.05) is 49.5 Å². The molecule has 0 radical (unpaired) electrons. The molecule has 202 valence electrons. The van der Waals surface area contributed by atoms with Gasteiger partial charge in [0.15, 0.2) is 12.2 Å². The lowest BCUT2D eigenvalue weighted by atomic mass is 10.0. The van der Waals surface area contributed by atoms with Crippen molar-refractivity contribution in [3.63, 3.8) is 0 Å². The van der Waals surface area contributed by atoms with Gasteiger partial charge in [-0.05, 0) is 44.5 Å². The Morgan fingerprint density at radius 2 is 1.84 bits per heavy atom. The van der Waals surface area contributed by atoms with Crippen LogP contribution in [-0.4, -0.2) is 82.4 Å². The third-order valence-electron chi connectivity index (χ3n) is 6.45. The fourth-order valence-electron chi connectivity index (χ4n) is 4.69. The van der Waals surface area contributed by atoms with Crippen LogP contribution in [-0.2, 0) is 16.6 Å². The van der Waals surface area contributed by atoms with E-state index in [-0.39, 0.29) is 5.91 Å². The van der Waals surface area contributed by atoms with E-state index in [0.717, 1.165) is 5.56 Å². The summed E-state index contributed by atoms with van der Waals surface area (Å²) in [5, 5.41) is 5.44. The first-order valence-corrected chi connectivity index (χ1v) is 12.4. The van der Waals surface area contributed by atoms with Crippen LogP contribution in [0.15, 0.2) is 47.5 Å². The molecule has 0 spiro atoms. The molecule has 0 saturated carbocycles. The fraction of sp³-hybridized carbons (Fsp3) is 0.407. The fourth-order valence-corrected chi connectivity index (χ4v) is 4.69. The number of hydrogen-bond acceptors (Lipinski definition) is 7. The number of carbonyl (C=O) groups is 3. The Morgan fingerprint density at radius 1 is 1.11 bits per heavy atom. The van der Waals surface area contributed by atoms with Crippen molar-refractivity contribution in [1.29, 1.82) is 0 Å². The van der Waals surface area contributed by atoms with E-state index in [0.29, 0.717) is 61.2 Å². The maximum Gasteiger partial charge on any atom is 0.313 e. The molecule has 11 heteroatoms. The summed E-state index contributed by atoms with van der Waals surface area (Å²) in [6.07, 6.45) is 4.82. The summed E-state index contributed by atoms with van der Waals surface area (Å²) >= 11 is 0. The molecule has 3 amide bonds. The monoisotopic (exact) mass is 522 g/mol. The third-order valence-corrected chi connectivity index (χ3v) is 6.45. The summed E-state index contributed by atoms with van der Waals surface area (Å²) in [6.45, 7) is 8.81. The van der Waals surface area contributed by atoms with E-state index in [1.165, 1.54) is 13.5 Å². The van der Waals surface area contributed by atoms with Gasteiger partial charge in [0.05, 0.1) is 18.9 Å². The maximum absolute atomic E-state index is 12.9. The van der Waals surface area contributed by atoms with Crippen molar-refractivity contribution in [2.45, 2.75) is 26.3 Å². The first kappa shape index (κ1) is 26.9. The molecule has 1 saturated heterocycles. The van der Waals surface area contributed by atoms with E-state index >= 15 is 0 Å². The van der Waals surface area contributed by atoms with Gasteiger partial charge in [-0.2, -0.15) is 0 Å². The van der Waals surface area contributed by atoms with Crippen LogP contribution >= 0.6 is 0 Å². The van der Waals surface area contributed by atoms with Gasteiger partial charge in [-0.25, -0.2) is 4.98 Å². The van der Waals surface area contributed by atoms with E-state index < -0.39 is 17.4 Å². The number of piperazine rings is 1. The second-order valence-electron chi connectivity index (χ2n) is 10.2. The first-order valence-electron chi connectivity index (χ1n) is 12.4. The van der Waals surface area contributed by atoms with E-state index in [1.54, 1.807) is 24.4 Å². The summed E-state index contributed by atoms with van der Waals surface area (Å²) in [7, 11) is 3.39. The van der Waals surface area contributed by atoms with Crippen LogP contribution in [0.25, 0.3) is 11.3 Å². The van der Waals surface area contributed by atoms with Gasteiger partial charge in [-0.15, -0.1) is 0 Å². The van der Waals surface area contributed by atoms with Crippen LogP contribution in [0.2, 0.25) is 0 Å². The highest BCUT2D eigenvalue weighted by Crippen LogP contribution is 2.32. The second-order valence-corrected chi connectivity index (χ2v) is 10.2. The smallest absolute Gasteiger partial charge is 0.313 e. The molecule has 4 rings (SSSR count). The number of benzene rings is 1. The standard InChI is InChI=1S/C27H34N6O5/c1-18-12-21(31(4)15-18)26(36)33-10-8-32(9-11-33)16-27(2,3)30-25(35)24(34)29-19-6-7-20(22(13-19)37-5)23-14-28-17-38-23/h6-7,12-15,17H,8-11,16H2,1-5H3,(H,29,34)(H,30,35). The zero-order chi connectivity index (χ0) is 27.4. The molecule has 1 aromatic carbocycles. The topological polar surface area (TPSA) is 122 Å². The normalized spacial score (nSPS) is 14.3. The Hall–Kier alpha value is -4.12. The van der Waals surface area contributed by atoms with Gasteiger partial charge in [0.25, 0.3) is 5.91 Å². The molecule has 0 bridgehead atoms. The Bertz CT molecular complexity index is 1310. The lowest BCUT2D eigenvalue weighted by molar-refractivity contribution is -0.137. The van der Waals surface area contributed by atoms with Gasteiger partial charge in [0.2, 0.25) is 0 Å². The molecular weight excluding hydrogens is 488 g/mol. The van der Waals surface area contributed by atoms with Crippen LogP contribution in [0, 0.1) is 6.92 Å². The van der Waals surface area contributed by atoms with E-state index in [4.69, 9.17) is 9.15 Å². The minimum absolute atomic E-state index is 0.0231. The van der Waals surface area contributed by atoms with E-state index in [9.17, 15) is 14.4 Å². The summed E-state index contributed by atoms with van der Waals surface area (Å²) in [6, 6.07) is 6.90. The minimum atomic E-state index is -0.777. The molecule has 3 aromatic rings. The largest absolute Gasteiger partial charge is 0.496 e. The Kier molecular flexibility index (Phi) is 7.86. The van der Waals surface area contributed by atoms with Crippen LogP contribution in [0.5, 0.6) is 5.75 Å². The number of hydrogen-bond donors (Lipinski definition) is 2. The second kappa shape index (κ2) is 11.1. The summed E-state index contributed by atoms with van der Waals surface area (Å²) in [4.78, 5) is 46.1. The average molecular weight is 523 g/mol. The number of aryl methyl sites for hydroxylation is 2. The predicted molar refractivity (Wildman–Crippen MR) is 142 cm³/mol. The maximum atomic E-state index is 12.9. The zero-order valence-corrected chi connectivity index (χ0v) is 22.4. The average Bonchev–Trinajstić information content (AvgIpc) is 3.52. The lowest BCUT2D eigenvalue weighted by Crippen LogP contribution is -2.57. The van der Waals surface area contributed by atoms with Gasteiger partial charge in [0.1, 0.15) is 11.4 Å². The van der Waals surface area contributed by atoms with Crippen LogP contribution in [0.4, 0.5) is 5.69 Å². The van der Waals surface area contributed by atoms with Crippen LogP contribution in [0.3, 0.4) is 0 Å². The Morgan fingerprint density at radius 3 is 2.45 bits per heavy atom. The van der Waals surface area contributed by atoms with Crippen molar-refractivity contribution in [3.8, 4) is 17.1 Å². The number of aromatic nitrogens is 2. The van der Waals surface area contributed by atoms with Crippen molar-refractivity contribution in [2.75, 3.05) is 45.2 Å². The summed E-state index contributed by atoms with van der Waals surface area (Å²) in [5.41, 5.74) is 2.16. The van der Waals surface area contributed by atoms with Gasteiger partial charge in [-0.3, -0.25) is 19.3 Å². The summed E-state index contributed by atoms with van der Waals surface area (Å²) in [5.74, 6) is -0.489. The first-order chi connectivity index (χ1) is 18.1. The number of methoxy groups -OCH3 is 1. The van der Waals surface area contributed by atoms with E-state index in [2.05, 4.69) is 20.5 Å². The van der Waals surface area contributed by atoms with Crippen molar-refractivity contribution in [2.24, 2.45) is 7.05 Å². The van der Waals surface area contributed by atoms with Crippen molar-refractivity contribution < 1.29 is 23.5 Å². The SMILES string of the molecule is COc1cc(NC(=O)C(=O)NC(C)(C)CN2CCN(C(=O)c3cc(C)cn3C)CC2)ccc1-c1cnco1. The van der Waals surface area contributed by atoms with Gasteiger partial charge >= 0.3 is 11.8 Å². The van der Waals surface area contributed by atoms with Gasteiger partial charge in [0, 0.05) is 63.3 Å². The van der Waals surface area contributed by atoms with Crippen LogP contribution in [0.1, 0.15) is 29.9 Å². The molecule has 0 atom stereocenters. The predicted octanol–water partition coefficient (Wildman–Crippen LogP) is 2.29. The number of oxazole rings is 1. The van der Waals surface area contributed by atoms with Gasteiger partial charge < -0.3 is 29.3 Å². The summed E-state index contributed by atoms with van der Waals surface area (Å²) < 4.78 is 12.6. The molecule has 2 N–H and O–H groups in total. The highest BCUT2D eigenvalue weighted by molar-refractivity contribution is 6.39. The number of nitrogens with zero attached hydrogens (tertiary/aromatic N) is 4. The van der Waals surface area contributed by atoms with Crippen molar-refractivity contribution in [3.05, 3.63) is 54.3 Å². The Labute approximate surface area is 221 Å². The number of rotatable bonds is 7. The molecule has 11 nitrogen and oxygen atoms in total. The molecule has 1 fully saturated rings. The Balaban J connectivity index is 1.28. The third kappa shape index (κ3) is 6.23. The molecular formula is C27H34N6O5. The molecule has 1 aliphatic rings. The van der Waals surface area contributed by atoms with Crippen LogP contribution < -0.4 is 15.4 Å². The molecule has 0 unspecified atom stereocenters. The number of anilines is 1. The highest BCUT2D eigenvalue weighted by atomic mass is 16.5. The quantitative estimate of drug-likeness (QED) is 0.457. The number of nitrogens with one attached hydrogen (secondary N) is 2.